The van der Waals surface area contributed by atoms with Crippen LogP contribution in [-0.4, -0.2) is 43.8 Å². The molecular weight excluding hydrogens is 534 g/mol. The topological polar surface area (TPSA) is 88.0 Å². The lowest BCUT2D eigenvalue weighted by atomic mass is 9.92. The third kappa shape index (κ3) is 6.44. The number of carbonyl (C=O) groups is 1. The van der Waals surface area contributed by atoms with Crippen molar-refractivity contribution in [3.8, 4) is 16.8 Å². The van der Waals surface area contributed by atoms with E-state index in [0.29, 0.717) is 5.82 Å². The number of amides is 2. The molecule has 0 unspecified atom stereocenters. The molecule has 0 radical (unpaired) electrons. The van der Waals surface area contributed by atoms with Crippen LogP contribution in [0.15, 0.2) is 79.1 Å². The van der Waals surface area contributed by atoms with E-state index in [-0.39, 0.29) is 11.4 Å². The molecule has 220 valence electrons. The molecule has 1 aliphatic heterocycles. The number of urea groups is 1. The Morgan fingerprint density at radius 2 is 1.65 bits per heavy atom. The van der Waals surface area contributed by atoms with Crippen molar-refractivity contribution in [1.82, 2.24) is 24.6 Å². The van der Waals surface area contributed by atoms with Crippen molar-refractivity contribution in [2.45, 2.75) is 58.9 Å². The van der Waals surface area contributed by atoms with Crippen LogP contribution < -0.4 is 10.6 Å². The van der Waals surface area contributed by atoms with Crippen LogP contribution in [0.1, 0.15) is 57.1 Å². The van der Waals surface area contributed by atoms with Crippen molar-refractivity contribution < 1.29 is 4.79 Å². The van der Waals surface area contributed by atoms with Gasteiger partial charge in [0.2, 0.25) is 0 Å². The third-order valence-electron chi connectivity index (χ3n) is 8.00. The van der Waals surface area contributed by atoms with Crippen LogP contribution >= 0.6 is 0 Å². The SMILES string of the molecule is Cc1ccc(-n2nc(C(C)(C)C)cc2NC(=O)Nc2ccc(-c3ccc(CN4CCCCC4)nc3)c3ccccc23)cn1. The smallest absolute Gasteiger partial charge is 0.307 e. The van der Waals surface area contributed by atoms with Crippen LogP contribution in [0.5, 0.6) is 0 Å². The number of aromatic nitrogens is 4. The molecule has 2 amide bonds. The van der Waals surface area contributed by atoms with E-state index in [1.165, 1.54) is 19.3 Å². The molecule has 1 fully saturated rings. The monoisotopic (exact) mass is 573 g/mol. The van der Waals surface area contributed by atoms with Crippen molar-refractivity contribution in [3.63, 3.8) is 0 Å². The molecule has 0 saturated carbocycles. The van der Waals surface area contributed by atoms with Crippen molar-refractivity contribution in [2.75, 3.05) is 23.7 Å². The van der Waals surface area contributed by atoms with Gasteiger partial charge >= 0.3 is 6.03 Å². The van der Waals surface area contributed by atoms with Crippen molar-refractivity contribution in [2.24, 2.45) is 0 Å². The molecule has 0 bridgehead atoms. The van der Waals surface area contributed by atoms with Gasteiger partial charge in [0.05, 0.1) is 29.0 Å². The molecule has 0 aliphatic carbocycles. The molecule has 43 heavy (non-hydrogen) atoms. The number of nitrogens with zero attached hydrogens (tertiary/aromatic N) is 5. The summed E-state index contributed by atoms with van der Waals surface area (Å²) in [7, 11) is 0. The number of piperidine rings is 1. The van der Waals surface area contributed by atoms with Crippen molar-refractivity contribution in [3.05, 3.63) is 96.2 Å². The summed E-state index contributed by atoms with van der Waals surface area (Å²) in [6.45, 7) is 11.4. The summed E-state index contributed by atoms with van der Waals surface area (Å²) >= 11 is 0. The number of hydrogen-bond donors (Lipinski definition) is 2. The molecule has 0 atom stereocenters. The predicted octanol–water partition coefficient (Wildman–Crippen LogP) is 7.72. The van der Waals surface area contributed by atoms with Gasteiger partial charge in [0.15, 0.2) is 0 Å². The summed E-state index contributed by atoms with van der Waals surface area (Å²) in [5, 5.41) is 12.9. The second-order valence-corrected chi connectivity index (χ2v) is 12.4. The Kier molecular flexibility index (Phi) is 7.95. The number of nitrogens with one attached hydrogen (secondary N) is 2. The zero-order valence-corrected chi connectivity index (χ0v) is 25.4. The highest BCUT2D eigenvalue weighted by atomic mass is 16.2. The average molecular weight is 574 g/mol. The number of anilines is 2. The first-order valence-corrected chi connectivity index (χ1v) is 15.1. The highest BCUT2D eigenvalue weighted by Crippen LogP contribution is 2.34. The van der Waals surface area contributed by atoms with Gasteiger partial charge < -0.3 is 5.32 Å². The minimum atomic E-state index is -0.344. The van der Waals surface area contributed by atoms with Gasteiger partial charge in [0.1, 0.15) is 5.82 Å². The average Bonchev–Trinajstić information content (AvgIpc) is 3.43. The van der Waals surface area contributed by atoms with E-state index in [4.69, 9.17) is 10.1 Å². The second-order valence-electron chi connectivity index (χ2n) is 12.4. The Hall–Kier alpha value is -4.56. The van der Waals surface area contributed by atoms with E-state index in [2.05, 4.69) is 65.6 Å². The molecule has 1 saturated heterocycles. The van der Waals surface area contributed by atoms with E-state index in [1.807, 2.05) is 55.6 Å². The first kappa shape index (κ1) is 28.6. The number of fused-ring (bicyclic) bond motifs is 1. The lowest BCUT2D eigenvalue weighted by molar-refractivity contribution is 0.218. The molecule has 1 aliphatic rings. The zero-order chi connectivity index (χ0) is 30.0. The number of likely N-dealkylation sites (tertiary alicyclic amines) is 1. The fourth-order valence-electron chi connectivity index (χ4n) is 5.57. The van der Waals surface area contributed by atoms with Gasteiger partial charge in [-0.05, 0) is 68.1 Å². The molecule has 8 heteroatoms. The Bertz CT molecular complexity index is 1730. The van der Waals surface area contributed by atoms with Crippen LogP contribution in [0.25, 0.3) is 27.6 Å². The van der Waals surface area contributed by atoms with Gasteiger partial charge in [-0.3, -0.25) is 20.2 Å². The van der Waals surface area contributed by atoms with Gasteiger partial charge in [-0.15, -0.1) is 0 Å². The standard InChI is InChI=1S/C35H39N7O/c1-24-12-15-27(22-36-24)42-33(20-32(40-42)35(2,3)4)39-34(43)38-31-17-16-28(29-10-6-7-11-30(29)31)25-13-14-26(37-21-25)23-41-18-8-5-9-19-41/h6-7,10-17,20-22H,5,8-9,18-19,23H2,1-4H3,(H2,38,39,43). The molecular formula is C35H39N7O. The summed E-state index contributed by atoms with van der Waals surface area (Å²) in [6.07, 6.45) is 7.60. The summed E-state index contributed by atoms with van der Waals surface area (Å²) in [5.41, 5.74) is 6.33. The highest BCUT2D eigenvalue weighted by Gasteiger charge is 2.22. The largest absolute Gasteiger partial charge is 0.324 e. The van der Waals surface area contributed by atoms with Gasteiger partial charge in [-0.25, -0.2) is 9.48 Å². The molecule has 2 aromatic carbocycles. The van der Waals surface area contributed by atoms with Crippen LogP contribution in [0.3, 0.4) is 0 Å². The van der Waals surface area contributed by atoms with Crippen LogP contribution in [0, 0.1) is 6.92 Å². The number of benzene rings is 2. The Morgan fingerprint density at radius 3 is 2.35 bits per heavy atom. The fraction of sp³-hybridized carbons (Fsp3) is 0.314. The molecule has 6 rings (SSSR count). The van der Waals surface area contributed by atoms with E-state index in [0.717, 1.165) is 70.0 Å². The molecule has 8 nitrogen and oxygen atoms in total. The summed E-state index contributed by atoms with van der Waals surface area (Å²) in [5.74, 6) is 0.574. The normalized spacial score (nSPS) is 14.1. The van der Waals surface area contributed by atoms with Gasteiger partial charge in [-0.2, -0.15) is 5.10 Å². The first-order chi connectivity index (χ1) is 20.7. The van der Waals surface area contributed by atoms with E-state index in [9.17, 15) is 4.79 Å². The minimum Gasteiger partial charge on any atom is -0.307 e. The van der Waals surface area contributed by atoms with Crippen molar-refractivity contribution >= 4 is 28.3 Å². The third-order valence-corrected chi connectivity index (χ3v) is 8.00. The number of pyridine rings is 2. The lowest BCUT2D eigenvalue weighted by Gasteiger charge is -2.25. The number of rotatable bonds is 6. The number of aryl methyl sites for hydroxylation is 1. The van der Waals surface area contributed by atoms with Crippen LogP contribution in [-0.2, 0) is 12.0 Å². The summed E-state index contributed by atoms with van der Waals surface area (Å²) < 4.78 is 1.73. The summed E-state index contributed by atoms with van der Waals surface area (Å²) in [4.78, 5) is 25.1. The maximum absolute atomic E-state index is 13.4. The molecule has 5 aromatic rings. The lowest BCUT2D eigenvalue weighted by Crippen LogP contribution is -2.29. The Balaban J connectivity index is 1.24. The maximum Gasteiger partial charge on any atom is 0.324 e. The van der Waals surface area contributed by atoms with Gasteiger partial charge in [-0.1, -0.05) is 63.6 Å². The Labute approximate surface area is 253 Å². The second kappa shape index (κ2) is 12.0. The zero-order valence-electron chi connectivity index (χ0n) is 25.4. The summed E-state index contributed by atoms with van der Waals surface area (Å²) in [6, 6.07) is 21.9. The molecule has 3 aromatic heterocycles. The minimum absolute atomic E-state index is 0.192. The molecule has 0 spiro atoms. The first-order valence-electron chi connectivity index (χ1n) is 15.1. The van der Waals surface area contributed by atoms with Crippen LogP contribution in [0.4, 0.5) is 16.3 Å². The Morgan fingerprint density at radius 1 is 0.860 bits per heavy atom. The maximum atomic E-state index is 13.4. The van der Waals surface area contributed by atoms with Crippen molar-refractivity contribution in [1.29, 1.82) is 0 Å². The molecule has 4 heterocycles. The fourth-order valence-corrected chi connectivity index (χ4v) is 5.57. The molecule has 2 N–H and O–H groups in total. The van der Waals surface area contributed by atoms with E-state index in [1.54, 1.807) is 10.9 Å². The number of hydrogen-bond acceptors (Lipinski definition) is 5. The quantitative estimate of drug-likeness (QED) is 0.217. The van der Waals surface area contributed by atoms with Gasteiger partial charge in [0.25, 0.3) is 0 Å². The van der Waals surface area contributed by atoms with Crippen LogP contribution in [0.2, 0.25) is 0 Å². The van der Waals surface area contributed by atoms with E-state index >= 15 is 0 Å². The number of carbonyl (C=O) groups excluding carboxylic acids is 1. The van der Waals surface area contributed by atoms with E-state index < -0.39 is 0 Å². The van der Waals surface area contributed by atoms with Gasteiger partial charge in [0, 0.05) is 40.9 Å². The predicted molar refractivity (Wildman–Crippen MR) is 174 cm³/mol. The highest BCUT2D eigenvalue weighted by molar-refractivity contribution is 6.09.